The summed E-state index contributed by atoms with van der Waals surface area (Å²) in [5, 5.41) is 9.73. The Bertz CT molecular complexity index is 328. The average Bonchev–Trinajstić information content (AvgIpc) is 2.26. The quantitative estimate of drug-likeness (QED) is 0.832. The van der Waals surface area contributed by atoms with Gasteiger partial charge in [-0.25, -0.2) is 4.39 Å². The molecule has 0 aliphatic carbocycles. The van der Waals surface area contributed by atoms with Crippen LogP contribution in [0.3, 0.4) is 0 Å². The second kappa shape index (κ2) is 5.09. The molecule has 0 bridgehead atoms. The lowest BCUT2D eigenvalue weighted by atomic mass is 10.0. The summed E-state index contributed by atoms with van der Waals surface area (Å²) in [6.45, 7) is 1.67. The molecule has 3 nitrogen and oxygen atoms in total. The molecule has 15 heavy (non-hydrogen) atoms. The van der Waals surface area contributed by atoms with E-state index in [4.69, 9.17) is 9.47 Å². The minimum absolute atomic E-state index is 0.213. The Morgan fingerprint density at radius 2 is 2.00 bits per heavy atom. The van der Waals surface area contributed by atoms with Crippen molar-refractivity contribution in [2.75, 3.05) is 14.2 Å². The highest BCUT2D eigenvalue weighted by atomic mass is 19.1. The number of hydrogen-bond donors (Lipinski definition) is 1. The summed E-state index contributed by atoms with van der Waals surface area (Å²) in [6, 6.07) is 4.33. The summed E-state index contributed by atoms with van der Waals surface area (Å²) in [7, 11) is 2.93. The summed E-state index contributed by atoms with van der Waals surface area (Å²) in [6.07, 6.45) is -1.42. The summed E-state index contributed by atoms with van der Waals surface area (Å²) in [4.78, 5) is 0. The van der Waals surface area contributed by atoms with Crippen molar-refractivity contribution < 1.29 is 19.0 Å². The third-order valence-electron chi connectivity index (χ3n) is 2.34. The van der Waals surface area contributed by atoms with Crippen LogP contribution in [0.25, 0.3) is 0 Å². The molecule has 2 unspecified atom stereocenters. The highest BCUT2D eigenvalue weighted by molar-refractivity contribution is 5.30. The van der Waals surface area contributed by atoms with Crippen molar-refractivity contribution >= 4 is 0 Å². The van der Waals surface area contributed by atoms with E-state index in [0.717, 1.165) is 0 Å². The van der Waals surface area contributed by atoms with Crippen LogP contribution in [0, 0.1) is 5.82 Å². The van der Waals surface area contributed by atoms with Crippen molar-refractivity contribution in [2.24, 2.45) is 0 Å². The molecular formula is C11H15FO3. The van der Waals surface area contributed by atoms with Crippen molar-refractivity contribution in [1.82, 2.24) is 0 Å². The minimum atomic E-state index is -0.971. The van der Waals surface area contributed by atoms with E-state index < -0.39 is 18.0 Å². The Balaban J connectivity index is 2.95. The Morgan fingerprint density at radius 1 is 1.33 bits per heavy atom. The van der Waals surface area contributed by atoms with Crippen LogP contribution >= 0.6 is 0 Å². The predicted molar refractivity (Wildman–Crippen MR) is 54.4 cm³/mol. The standard InChI is InChI=1S/C11H15FO3/c1-7(14-2)11(13)9-5-4-8(15-3)6-10(9)12/h4-7,11,13H,1-3H3. The Labute approximate surface area is 88.4 Å². The van der Waals surface area contributed by atoms with Gasteiger partial charge in [0.1, 0.15) is 17.7 Å². The molecule has 0 aliphatic rings. The van der Waals surface area contributed by atoms with Gasteiger partial charge in [-0.05, 0) is 19.1 Å². The van der Waals surface area contributed by atoms with E-state index in [1.165, 1.54) is 26.4 Å². The third-order valence-corrected chi connectivity index (χ3v) is 2.34. The van der Waals surface area contributed by atoms with Crippen LogP contribution in [0.2, 0.25) is 0 Å². The molecule has 1 N–H and O–H groups in total. The summed E-state index contributed by atoms with van der Waals surface area (Å²) < 4.78 is 23.3. The molecule has 4 heteroatoms. The molecule has 0 fully saturated rings. The molecule has 0 saturated heterocycles. The van der Waals surface area contributed by atoms with Gasteiger partial charge >= 0.3 is 0 Å². The van der Waals surface area contributed by atoms with E-state index in [2.05, 4.69) is 0 Å². The Hall–Kier alpha value is -1.13. The monoisotopic (exact) mass is 214 g/mol. The maximum Gasteiger partial charge on any atom is 0.132 e. The number of benzene rings is 1. The number of halogens is 1. The number of hydrogen-bond acceptors (Lipinski definition) is 3. The normalized spacial score (nSPS) is 14.7. The lowest BCUT2D eigenvalue weighted by molar-refractivity contribution is -0.00316. The van der Waals surface area contributed by atoms with E-state index in [-0.39, 0.29) is 5.56 Å². The Kier molecular flexibility index (Phi) is 4.05. The van der Waals surface area contributed by atoms with Gasteiger partial charge in [0.05, 0.1) is 13.2 Å². The summed E-state index contributed by atoms with van der Waals surface area (Å²) >= 11 is 0. The molecule has 2 atom stereocenters. The molecule has 84 valence electrons. The lowest BCUT2D eigenvalue weighted by Crippen LogP contribution is -2.17. The summed E-state index contributed by atoms with van der Waals surface area (Å²) in [5.41, 5.74) is 0.213. The first-order valence-corrected chi connectivity index (χ1v) is 4.64. The third kappa shape index (κ3) is 2.67. The van der Waals surface area contributed by atoms with Gasteiger partial charge < -0.3 is 14.6 Å². The van der Waals surface area contributed by atoms with Gasteiger partial charge in [-0.1, -0.05) is 0 Å². The van der Waals surface area contributed by atoms with Crippen molar-refractivity contribution in [3.8, 4) is 5.75 Å². The molecule has 0 aliphatic heterocycles. The van der Waals surface area contributed by atoms with Gasteiger partial charge in [0.25, 0.3) is 0 Å². The average molecular weight is 214 g/mol. The molecule has 0 heterocycles. The van der Waals surface area contributed by atoms with E-state index >= 15 is 0 Å². The van der Waals surface area contributed by atoms with Crippen LogP contribution in [0.1, 0.15) is 18.6 Å². The fraction of sp³-hybridized carbons (Fsp3) is 0.455. The van der Waals surface area contributed by atoms with Crippen molar-refractivity contribution in [2.45, 2.75) is 19.1 Å². The molecule has 0 spiro atoms. The molecule has 1 aromatic rings. The first-order valence-electron chi connectivity index (χ1n) is 4.64. The van der Waals surface area contributed by atoms with Gasteiger partial charge in [-0.3, -0.25) is 0 Å². The molecule has 1 rings (SSSR count). The van der Waals surface area contributed by atoms with Crippen LogP contribution in [0.5, 0.6) is 5.75 Å². The van der Waals surface area contributed by atoms with Crippen LogP contribution in [-0.4, -0.2) is 25.4 Å². The zero-order valence-corrected chi connectivity index (χ0v) is 9.03. The van der Waals surface area contributed by atoms with Gasteiger partial charge in [-0.15, -0.1) is 0 Å². The van der Waals surface area contributed by atoms with Crippen LogP contribution < -0.4 is 4.74 Å². The van der Waals surface area contributed by atoms with Gasteiger partial charge in [0, 0.05) is 18.7 Å². The van der Waals surface area contributed by atoms with Gasteiger partial charge in [0.2, 0.25) is 0 Å². The second-order valence-corrected chi connectivity index (χ2v) is 3.27. The SMILES string of the molecule is COc1ccc(C(O)C(C)OC)c(F)c1. The van der Waals surface area contributed by atoms with Gasteiger partial charge in [0.15, 0.2) is 0 Å². The van der Waals surface area contributed by atoms with Gasteiger partial charge in [-0.2, -0.15) is 0 Å². The zero-order valence-electron chi connectivity index (χ0n) is 9.03. The van der Waals surface area contributed by atoms with Crippen LogP contribution in [-0.2, 0) is 4.74 Å². The number of aliphatic hydroxyl groups excluding tert-OH is 1. The molecule has 0 saturated carbocycles. The number of rotatable bonds is 4. The maximum absolute atomic E-state index is 13.5. The number of aliphatic hydroxyl groups is 1. The molecule has 0 amide bonds. The van der Waals surface area contributed by atoms with Crippen molar-refractivity contribution in [3.05, 3.63) is 29.6 Å². The minimum Gasteiger partial charge on any atom is -0.497 e. The number of ether oxygens (including phenoxy) is 2. The summed E-state index contributed by atoms with van der Waals surface area (Å²) in [5.74, 6) is -0.0701. The van der Waals surface area contributed by atoms with E-state index in [9.17, 15) is 9.50 Å². The Morgan fingerprint density at radius 3 is 2.47 bits per heavy atom. The zero-order chi connectivity index (χ0) is 11.4. The van der Waals surface area contributed by atoms with E-state index in [0.29, 0.717) is 5.75 Å². The smallest absolute Gasteiger partial charge is 0.132 e. The molecule has 0 aromatic heterocycles. The first-order chi connectivity index (χ1) is 7.10. The van der Waals surface area contributed by atoms with Crippen LogP contribution in [0.15, 0.2) is 18.2 Å². The molecule has 1 aromatic carbocycles. The fourth-order valence-corrected chi connectivity index (χ4v) is 1.26. The molecular weight excluding hydrogens is 199 g/mol. The predicted octanol–water partition coefficient (Wildman–Crippen LogP) is 1.90. The van der Waals surface area contributed by atoms with E-state index in [1.54, 1.807) is 13.0 Å². The topological polar surface area (TPSA) is 38.7 Å². The highest BCUT2D eigenvalue weighted by Crippen LogP contribution is 2.24. The van der Waals surface area contributed by atoms with E-state index in [1.807, 2.05) is 0 Å². The van der Waals surface area contributed by atoms with Crippen molar-refractivity contribution in [1.29, 1.82) is 0 Å². The largest absolute Gasteiger partial charge is 0.497 e. The fourth-order valence-electron chi connectivity index (χ4n) is 1.26. The number of methoxy groups -OCH3 is 2. The lowest BCUT2D eigenvalue weighted by Gasteiger charge is -2.18. The van der Waals surface area contributed by atoms with Crippen molar-refractivity contribution in [3.63, 3.8) is 0 Å². The van der Waals surface area contributed by atoms with Crippen LogP contribution in [0.4, 0.5) is 4.39 Å². The first kappa shape index (κ1) is 11.9. The maximum atomic E-state index is 13.5. The molecule has 0 radical (unpaired) electrons. The second-order valence-electron chi connectivity index (χ2n) is 3.27. The highest BCUT2D eigenvalue weighted by Gasteiger charge is 2.19.